The highest BCUT2D eigenvalue weighted by atomic mass is 79.9. The normalized spacial score (nSPS) is 10.6. The smallest absolute Gasteiger partial charge is 0.138 e. The maximum atomic E-state index is 9.35. The van der Waals surface area contributed by atoms with E-state index in [2.05, 4.69) is 15.9 Å². The Morgan fingerprint density at radius 1 is 1.36 bits per heavy atom. The summed E-state index contributed by atoms with van der Waals surface area (Å²) in [5.74, 6) is 0.239. The van der Waals surface area contributed by atoms with Crippen LogP contribution in [-0.4, -0.2) is 5.11 Å². The van der Waals surface area contributed by atoms with Gasteiger partial charge in [-0.05, 0) is 28.1 Å². The Balaban J connectivity index is 2.96. The molecule has 0 aliphatic carbocycles. The molecular formula is C8H5BrO2. The van der Waals surface area contributed by atoms with Gasteiger partial charge in [0.25, 0.3) is 0 Å². The van der Waals surface area contributed by atoms with E-state index in [1.807, 2.05) is 0 Å². The third-order valence-electron chi connectivity index (χ3n) is 1.53. The molecule has 3 heteroatoms. The monoisotopic (exact) mass is 212 g/mol. The van der Waals surface area contributed by atoms with E-state index < -0.39 is 0 Å². The molecule has 2 aromatic rings. The van der Waals surface area contributed by atoms with E-state index in [1.54, 1.807) is 24.5 Å². The first kappa shape index (κ1) is 6.73. The number of phenols is 1. The van der Waals surface area contributed by atoms with Crippen molar-refractivity contribution in [2.45, 2.75) is 0 Å². The fraction of sp³-hybridized carbons (Fsp3) is 0. The topological polar surface area (TPSA) is 33.4 Å². The van der Waals surface area contributed by atoms with Crippen molar-refractivity contribution in [1.29, 1.82) is 0 Å². The van der Waals surface area contributed by atoms with Gasteiger partial charge >= 0.3 is 0 Å². The van der Waals surface area contributed by atoms with E-state index in [0.29, 0.717) is 5.58 Å². The minimum absolute atomic E-state index is 0.239. The SMILES string of the molecule is Oc1cccc2occ(Br)c12. The molecule has 0 radical (unpaired) electrons. The molecule has 0 saturated heterocycles. The van der Waals surface area contributed by atoms with Crippen LogP contribution in [-0.2, 0) is 0 Å². The summed E-state index contributed by atoms with van der Waals surface area (Å²) in [7, 11) is 0. The Morgan fingerprint density at radius 3 is 2.91 bits per heavy atom. The highest BCUT2D eigenvalue weighted by Gasteiger charge is 2.05. The zero-order chi connectivity index (χ0) is 7.84. The zero-order valence-corrected chi connectivity index (χ0v) is 7.13. The molecule has 2 rings (SSSR count). The fourth-order valence-electron chi connectivity index (χ4n) is 1.03. The molecule has 0 saturated carbocycles. The number of phenolic OH excluding ortho intramolecular Hbond substituents is 1. The lowest BCUT2D eigenvalue weighted by Gasteiger charge is -1.91. The van der Waals surface area contributed by atoms with Crippen LogP contribution in [0.5, 0.6) is 5.75 Å². The standard InChI is InChI=1S/C8H5BrO2/c9-5-4-11-7-3-1-2-6(10)8(5)7/h1-4,10H. The summed E-state index contributed by atoms with van der Waals surface area (Å²) in [6.07, 6.45) is 1.56. The maximum Gasteiger partial charge on any atom is 0.138 e. The Labute approximate surface area is 71.6 Å². The highest BCUT2D eigenvalue weighted by Crippen LogP contribution is 2.32. The first-order chi connectivity index (χ1) is 5.29. The van der Waals surface area contributed by atoms with E-state index >= 15 is 0 Å². The second kappa shape index (κ2) is 2.27. The van der Waals surface area contributed by atoms with Crippen LogP contribution in [0.15, 0.2) is 33.4 Å². The maximum absolute atomic E-state index is 9.35. The van der Waals surface area contributed by atoms with Gasteiger partial charge in [0, 0.05) is 0 Å². The van der Waals surface area contributed by atoms with Crippen LogP contribution in [0, 0.1) is 0 Å². The third-order valence-corrected chi connectivity index (χ3v) is 2.12. The molecule has 0 aliphatic heterocycles. The van der Waals surface area contributed by atoms with Crippen LogP contribution in [0.25, 0.3) is 11.0 Å². The first-order valence-electron chi connectivity index (χ1n) is 3.14. The van der Waals surface area contributed by atoms with E-state index in [9.17, 15) is 5.11 Å². The molecule has 1 heterocycles. The Morgan fingerprint density at radius 2 is 2.18 bits per heavy atom. The minimum atomic E-state index is 0.239. The number of benzene rings is 1. The summed E-state index contributed by atoms with van der Waals surface area (Å²) in [6, 6.07) is 5.18. The number of aromatic hydroxyl groups is 1. The Bertz CT molecular complexity index is 392. The van der Waals surface area contributed by atoms with Crippen molar-refractivity contribution < 1.29 is 9.52 Å². The third kappa shape index (κ3) is 0.922. The van der Waals surface area contributed by atoms with Crippen molar-refractivity contribution in [3.05, 3.63) is 28.9 Å². The van der Waals surface area contributed by atoms with Gasteiger partial charge in [0.15, 0.2) is 0 Å². The van der Waals surface area contributed by atoms with Gasteiger partial charge < -0.3 is 9.52 Å². The summed E-state index contributed by atoms with van der Waals surface area (Å²) in [4.78, 5) is 0. The fourth-order valence-corrected chi connectivity index (χ4v) is 1.52. The van der Waals surface area contributed by atoms with Crippen molar-refractivity contribution in [3.63, 3.8) is 0 Å². The van der Waals surface area contributed by atoms with Crippen LogP contribution in [0.4, 0.5) is 0 Å². The van der Waals surface area contributed by atoms with Crippen LogP contribution in [0.2, 0.25) is 0 Å². The van der Waals surface area contributed by atoms with Gasteiger partial charge in [-0.15, -0.1) is 0 Å². The number of fused-ring (bicyclic) bond motifs is 1. The van der Waals surface area contributed by atoms with Crippen molar-refractivity contribution in [2.75, 3.05) is 0 Å². The molecule has 0 unspecified atom stereocenters. The average Bonchev–Trinajstić information content (AvgIpc) is 2.34. The van der Waals surface area contributed by atoms with Crippen molar-refractivity contribution in [2.24, 2.45) is 0 Å². The van der Waals surface area contributed by atoms with Crippen LogP contribution in [0.3, 0.4) is 0 Å². The summed E-state index contributed by atoms with van der Waals surface area (Å²) in [5, 5.41) is 10.1. The number of halogens is 1. The average molecular weight is 213 g/mol. The molecule has 1 aromatic carbocycles. The summed E-state index contributed by atoms with van der Waals surface area (Å²) in [6.45, 7) is 0. The van der Waals surface area contributed by atoms with Crippen LogP contribution in [0.1, 0.15) is 0 Å². The predicted molar refractivity (Wildman–Crippen MR) is 45.6 cm³/mol. The van der Waals surface area contributed by atoms with Crippen molar-refractivity contribution >= 4 is 26.9 Å². The van der Waals surface area contributed by atoms with Gasteiger partial charge in [0.2, 0.25) is 0 Å². The predicted octanol–water partition coefficient (Wildman–Crippen LogP) is 2.90. The van der Waals surface area contributed by atoms with Crippen molar-refractivity contribution in [1.82, 2.24) is 0 Å². The summed E-state index contributed by atoms with van der Waals surface area (Å²) >= 11 is 3.26. The molecule has 2 nitrogen and oxygen atoms in total. The molecule has 0 atom stereocenters. The lowest BCUT2D eigenvalue weighted by Crippen LogP contribution is -1.66. The number of rotatable bonds is 0. The molecule has 0 aliphatic rings. The number of furan rings is 1. The second-order valence-electron chi connectivity index (χ2n) is 2.23. The Hall–Kier alpha value is -0.960. The van der Waals surface area contributed by atoms with Gasteiger partial charge in [-0.1, -0.05) is 6.07 Å². The molecule has 1 N–H and O–H groups in total. The second-order valence-corrected chi connectivity index (χ2v) is 3.09. The molecule has 0 amide bonds. The minimum Gasteiger partial charge on any atom is -0.507 e. The molecule has 0 fully saturated rings. The van der Waals surface area contributed by atoms with Gasteiger partial charge in [0.05, 0.1) is 9.86 Å². The molecule has 11 heavy (non-hydrogen) atoms. The lowest BCUT2D eigenvalue weighted by atomic mass is 10.2. The molecular weight excluding hydrogens is 208 g/mol. The lowest BCUT2D eigenvalue weighted by molar-refractivity contribution is 0.481. The van der Waals surface area contributed by atoms with Gasteiger partial charge in [-0.2, -0.15) is 0 Å². The van der Waals surface area contributed by atoms with E-state index in [0.717, 1.165) is 9.86 Å². The van der Waals surface area contributed by atoms with E-state index in [-0.39, 0.29) is 5.75 Å². The summed E-state index contributed by atoms with van der Waals surface area (Å²) in [5.41, 5.74) is 0.692. The quantitative estimate of drug-likeness (QED) is 0.729. The highest BCUT2D eigenvalue weighted by molar-refractivity contribution is 9.10. The molecule has 1 aromatic heterocycles. The zero-order valence-electron chi connectivity index (χ0n) is 5.54. The van der Waals surface area contributed by atoms with E-state index in [4.69, 9.17) is 4.42 Å². The molecule has 0 bridgehead atoms. The van der Waals surface area contributed by atoms with Crippen LogP contribution < -0.4 is 0 Å². The first-order valence-corrected chi connectivity index (χ1v) is 3.93. The van der Waals surface area contributed by atoms with Crippen LogP contribution >= 0.6 is 15.9 Å². The molecule has 0 spiro atoms. The van der Waals surface area contributed by atoms with Gasteiger partial charge in [-0.3, -0.25) is 0 Å². The Kier molecular flexibility index (Phi) is 1.39. The largest absolute Gasteiger partial charge is 0.507 e. The van der Waals surface area contributed by atoms with Gasteiger partial charge in [0.1, 0.15) is 17.6 Å². The number of hydrogen-bond acceptors (Lipinski definition) is 2. The van der Waals surface area contributed by atoms with Crippen molar-refractivity contribution in [3.8, 4) is 5.75 Å². The van der Waals surface area contributed by atoms with E-state index in [1.165, 1.54) is 0 Å². The molecule has 56 valence electrons. The summed E-state index contributed by atoms with van der Waals surface area (Å²) < 4.78 is 5.91. The number of hydrogen-bond donors (Lipinski definition) is 1. The van der Waals surface area contributed by atoms with Gasteiger partial charge in [-0.25, -0.2) is 0 Å².